The van der Waals surface area contributed by atoms with Gasteiger partial charge in [-0.25, -0.2) is 0 Å². The average Bonchev–Trinajstić information content (AvgIpc) is 2.73. The lowest BCUT2D eigenvalue weighted by Crippen LogP contribution is -2.47. The normalized spacial score (nSPS) is 14.1. The Balaban J connectivity index is 2.01. The Bertz CT molecular complexity index is 863. The van der Waals surface area contributed by atoms with Crippen LogP contribution in [0, 0.1) is 6.92 Å². The second kappa shape index (κ2) is 11.7. The number of halogens is 3. The van der Waals surface area contributed by atoms with Crippen molar-refractivity contribution in [2.24, 2.45) is 5.73 Å². The molecule has 2 unspecified atom stereocenters. The van der Waals surface area contributed by atoms with Gasteiger partial charge in [-0.15, -0.1) is 0 Å². The van der Waals surface area contributed by atoms with Crippen molar-refractivity contribution in [3.63, 3.8) is 0 Å². The van der Waals surface area contributed by atoms with Gasteiger partial charge in [0, 0.05) is 0 Å². The van der Waals surface area contributed by atoms with Gasteiger partial charge in [0.1, 0.15) is 5.75 Å². The predicted molar refractivity (Wildman–Crippen MR) is 115 cm³/mol. The number of aryl methyl sites for hydroxylation is 3. The monoisotopic (exact) mass is 459 g/mol. The van der Waals surface area contributed by atoms with Crippen molar-refractivity contribution in [2.45, 2.75) is 44.3 Å². The van der Waals surface area contributed by atoms with Crippen molar-refractivity contribution in [1.29, 1.82) is 0 Å². The SMILES string of the molecule is Cc1cccc(CCCOc2ccc(CCC(N)(CO)CO[PH2]=O)cc2C(F)(F)F)c1. The Morgan fingerprint density at radius 1 is 1.10 bits per heavy atom. The van der Waals surface area contributed by atoms with E-state index in [4.69, 9.17) is 15.0 Å². The van der Waals surface area contributed by atoms with E-state index in [9.17, 15) is 22.8 Å². The van der Waals surface area contributed by atoms with Gasteiger partial charge in [-0.2, -0.15) is 13.2 Å². The van der Waals surface area contributed by atoms with Crippen LogP contribution in [0.25, 0.3) is 0 Å². The van der Waals surface area contributed by atoms with Crippen molar-refractivity contribution in [1.82, 2.24) is 0 Å². The highest BCUT2D eigenvalue weighted by atomic mass is 31.1. The summed E-state index contributed by atoms with van der Waals surface area (Å²) in [4.78, 5) is 0. The highest BCUT2D eigenvalue weighted by Crippen LogP contribution is 2.37. The third kappa shape index (κ3) is 8.30. The van der Waals surface area contributed by atoms with Crippen LogP contribution < -0.4 is 10.5 Å². The highest BCUT2D eigenvalue weighted by molar-refractivity contribution is 7.17. The molecule has 0 aliphatic rings. The van der Waals surface area contributed by atoms with Gasteiger partial charge in [-0.1, -0.05) is 35.9 Å². The smallest absolute Gasteiger partial charge is 0.419 e. The van der Waals surface area contributed by atoms with E-state index < -0.39 is 32.6 Å². The van der Waals surface area contributed by atoms with Gasteiger partial charge in [0.25, 0.3) is 0 Å². The number of nitrogens with two attached hydrogens (primary N) is 1. The van der Waals surface area contributed by atoms with Gasteiger partial charge in [-0.05, 0) is 55.9 Å². The van der Waals surface area contributed by atoms with Gasteiger partial charge >= 0.3 is 6.18 Å². The summed E-state index contributed by atoms with van der Waals surface area (Å²) < 4.78 is 61.5. The summed E-state index contributed by atoms with van der Waals surface area (Å²) in [7, 11) is -1.47. The average molecular weight is 459 g/mol. The fraction of sp³-hybridized carbons (Fsp3) is 0.455. The molecule has 0 aliphatic heterocycles. The molecule has 2 rings (SSSR count). The molecule has 0 fully saturated rings. The van der Waals surface area contributed by atoms with Crippen LogP contribution in [0.1, 0.15) is 35.1 Å². The maximum absolute atomic E-state index is 13.6. The van der Waals surface area contributed by atoms with E-state index in [1.807, 2.05) is 31.2 Å². The molecule has 5 nitrogen and oxygen atoms in total. The van der Waals surface area contributed by atoms with Crippen molar-refractivity contribution >= 4 is 8.69 Å². The quantitative estimate of drug-likeness (QED) is 0.365. The minimum absolute atomic E-state index is 0.128. The number of benzene rings is 2. The molecule has 3 N–H and O–H groups in total. The van der Waals surface area contributed by atoms with E-state index in [0.29, 0.717) is 18.4 Å². The number of hydrogen-bond acceptors (Lipinski definition) is 5. The number of aliphatic hydroxyl groups excluding tert-OH is 1. The molecular formula is C22H29F3NO4P. The molecule has 9 heteroatoms. The number of ether oxygens (including phenoxy) is 1. The first kappa shape index (κ1) is 25.4. The van der Waals surface area contributed by atoms with E-state index >= 15 is 0 Å². The first-order chi connectivity index (χ1) is 14.7. The maximum atomic E-state index is 13.6. The molecule has 0 radical (unpaired) electrons. The Labute approximate surface area is 181 Å². The molecule has 0 aromatic heterocycles. The van der Waals surface area contributed by atoms with E-state index in [0.717, 1.165) is 17.2 Å². The summed E-state index contributed by atoms with van der Waals surface area (Å²) >= 11 is 0. The van der Waals surface area contributed by atoms with Crippen molar-refractivity contribution in [3.05, 3.63) is 64.7 Å². The lowest BCUT2D eigenvalue weighted by Gasteiger charge is -2.26. The zero-order valence-corrected chi connectivity index (χ0v) is 18.6. The molecular weight excluding hydrogens is 430 g/mol. The predicted octanol–water partition coefficient (Wildman–Crippen LogP) is 4.34. The zero-order valence-electron chi connectivity index (χ0n) is 17.5. The van der Waals surface area contributed by atoms with Gasteiger partial charge in [0.05, 0.1) is 30.9 Å². The standard InChI is InChI=1S/C22H29F3NO4P/c1-16-4-2-5-17(12-16)6-3-11-29-20-8-7-18(13-19(20)22(23,24)25)9-10-21(26,14-27)15-30-31-28/h2,4-5,7-8,12-13,27H,3,6,9-11,14-15,26,31H2,1H3. The lowest BCUT2D eigenvalue weighted by molar-refractivity contribution is -0.139. The molecule has 2 atom stereocenters. The summed E-state index contributed by atoms with van der Waals surface area (Å²) in [5.74, 6) is -0.208. The Morgan fingerprint density at radius 2 is 1.84 bits per heavy atom. The summed E-state index contributed by atoms with van der Waals surface area (Å²) in [6, 6.07) is 11.9. The molecule has 172 valence electrons. The fourth-order valence-corrected chi connectivity index (χ4v) is 3.60. The Hall–Kier alpha value is -1.86. The van der Waals surface area contributed by atoms with Crippen molar-refractivity contribution < 1.29 is 32.1 Å². The van der Waals surface area contributed by atoms with Crippen LogP contribution in [-0.4, -0.2) is 30.5 Å². The number of rotatable bonds is 12. The largest absolute Gasteiger partial charge is 0.493 e. The molecule has 0 amide bonds. The van der Waals surface area contributed by atoms with Crippen LogP contribution in [0.5, 0.6) is 5.75 Å². The number of aliphatic hydroxyl groups is 1. The number of hydrogen-bond donors (Lipinski definition) is 2. The summed E-state index contributed by atoms with van der Waals surface area (Å²) in [5, 5.41) is 9.44. The molecule has 0 heterocycles. The van der Waals surface area contributed by atoms with Gasteiger partial charge in [0.2, 0.25) is 0 Å². The lowest BCUT2D eigenvalue weighted by atomic mass is 9.93. The molecule has 0 saturated carbocycles. The number of alkyl halides is 3. The molecule has 0 spiro atoms. The van der Waals surface area contributed by atoms with Gasteiger partial charge in [0.15, 0.2) is 8.69 Å². The van der Waals surface area contributed by atoms with E-state index in [-0.39, 0.29) is 31.8 Å². The van der Waals surface area contributed by atoms with Crippen LogP contribution in [0.2, 0.25) is 0 Å². The third-order valence-electron chi connectivity index (χ3n) is 4.96. The molecule has 31 heavy (non-hydrogen) atoms. The van der Waals surface area contributed by atoms with Crippen LogP contribution in [0.4, 0.5) is 13.2 Å². The van der Waals surface area contributed by atoms with Crippen LogP contribution in [0.15, 0.2) is 42.5 Å². The molecule has 0 aliphatic carbocycles. The van der Waals surface area contributed by atoms with E-state index in [1.54, 1.807) is 6.07 Å². The molecule has 2 aromatic rings. The first-order valence-corrected chi connectivity index (χ1v) is 10.9. The highest BCUT2D eigenvalue weighted by Gasteiger charge is 2.35. The summed E-state index contributed by atoms with van der Waals surface area (Å²) in [5.41, 5.74) is 6.64. The zero-order chi connectivity index (χ0) is 22.9. The summed E-state index contributed by atoms with van der Waals surface area (Å²) in [6.45, 7) is 1.60. The van der Waals surface area contributed by atoms with Crippen molar-refractivity contribution in [3.8, 4) is 5.75 Å². The van der Waals surface area contributed by atoms with Gasteiger partial charge < -0.3 is 20.1 Å². The summed E-state index contributed by atoms with van der Waals surface area (Å²) in [6.07, 6.45) is -2.87. The van der Waals surface area contributed by atoms with Gasteiger partial charge in [-0.3, -0.25) is 4.57 Å². The third-order valence-corrected chi connectivity index (χ3v) is 5.27. The van der Waals surface area contributed by atoms with Crippen LogP contribution >= 0.6 is 8.69 Å². The topological polar surface area (TPSA) is 81.8 Å². The Kier molecular flexibility index (Phi) is 9.56. The maximum Gasteiger partial charge on any atom is 0.419 e. The molecule has 2 aromatic carbocycles. The first-order valence-electron chi connectivity index (χ1n) is 10.0. The van der Waals surface area contributed by atoms with E-state index in [1.165, 1.54) is 6.07 Å². The molecule has 0 saturated heterocycles. The Morgan fingerprint density at radius 3 is 2.48 bits per heavy atom. The van der Waals surface area contributed by atoms with Crippen molar-refractivity contribution in [2.75, 3.05) is 19.8 Å². The minimum atomic E-state index is -4.56. The van der Waals surface area contributed by atoms with E-state index in [2.05, 4.69) is 0 Å². The molecule has 0 bridgehead atoms. The minimum Gasteiger partial charge on any atom is -0.493 e. The fourth-order valence-electron chi connectivity index (χ4n) is 3.20. The van der Waals surface area contributed by atoms with Crippen LogP contribution in [-0.2, 0) is 28.1 Å². The second-order valence-corrected chi connectivity index (χ2v) is 8.22. The van der Waals surface area contributed by atoms with Crippen LogP contribution in [0.3, 0.4) is 0 Å². The second-order valence-electron chi connectivity index (χ2n) is 7.70.